The molecule has 1 N–H and O–H groups in total. The first-order chi connectivity index (χ1) is 8.47. The summed E-state index contributed by atoms with van der Waals surface area (Å²) in [6.07, 6.45) is 0.831. The average molecular weight is 254 g/mol. The van der Waals surface area contributed by atoms with Gasteiger partial charge in [-0.2, -0.15) is 5.10 Å². The highest BCUT2D eigenvalue weighted by Gasteiger charge is 2.34. The molecule has 0 aromatic carbocycles. The van der Waals surface area contributed by atoms with Crippen molar-refractivity contribution in [2.24, 2.45) is 0 Å². The van der Waals surface area contributed by atoms with Gasteiger partial charge in [-0.25, -0.2) is 4.68 Å². The summed E-state index contributed by atoms with van der Waals surface area (Å²) in [6.45, 7) is 7.40. The molecule has 0 radical (unpaired) electrons. The molecule has 2 rings (SSSR count). The molecule has 7 nitrogen and oxygen atoms in total. The van der Waals surface area contributed by atoms with E-state index in [4.69, 9.17) is 4.74 Å². The number of hydrogen-bond donors (Lipinski definition) is 1. The molecular formula is C11H18N4O3. The zero-order valence-electron chi connectivity index (χ0n) is 10.9. The number of nitrogens with one attached hydrogen (secondary N) is 1. The Morgan fingerprint density at radius 2 is 2.39 bits per heavy atom. The Morgan fingerprint density at radius 3 is 2.89 bits per heavy atom. The normalized spacial score (nSPS) is 23.3. The number of nitrogens with zero attached hydrogens (tertiary/aromatic N) is 3. The molecule has 1 aromatic heterocycles. The predicted octanol–water partition coefficient (Wildman–Crippen LogP) is 1.71. The van der Waals surface area contributed by atoms with Gasteiger partial charge in [0.25, 0.3) is 0 Å². The van der Waals surface area contributed by atoms with Gasteiger partial charge in [0, 0.05) is 13.2 Å². The topological polar surface area (TPSA) is 82.2 Å². The maximum atomic E-state index is 11.1. The van der Waals surface area contributed by atoms with Crippen LogP contribution in [0.4, 0.5) is 11.5 Å². The summed E-state index contributed by atoms with van der Waals surface area (Å²) in [6, 6.07) is 0. The molecule has 2 heterocycles. The maximum Gasteiger partial charge on any atom is 0.333 e. The maximum absolute atomic E-state index is 11.1. The van der Waals surface area contributed by atoms with E-state index in [-0.39, 0.29) is 16.1 Å². The first kappa shape index (κ1) is 12.8. The molecule has 0 spiro atoms. The first-order valence-electron chi connectivity index (χ1n) is 6.04. The van der Waals surface area contributed by atoms with Gasteiger partial charge in [-0.3, -0.25) is 10.1 Å². The number of nitro groups is 1. The number of anilines is 1. The Labute approximate surface area is 105 Å². The van der Waals surface area contributed by atoms with Gasteiger partial charge in [-0.15, -0.1) is 0 Å². The molecule has 1 saturated heterocycles. The summed E-state index contributed by atoms with van der Waals surface area (Å²) in [7, 11) is 0. The standard InChI is InChI=1S/C11H18N4O3/c1-4-14-10(9(15(16)17)8(2)13-14)12-11(3)5-6-18-7-11/h12H,4-7H2,1-3H3. The highest BCUT2D eigenvalue weighted by Crippen LogP contribution is 2.32. The van der Waals surface area contributed by atoms with E-state index in [1.54, 1.807) is 11.6 Å². The van der Waals surface area contributed by atoms with E-state index < -0.39 is 0 Å². The molecule has 0 saturated carbocycles. The van der Waals surface area contributed by atoms with Crippen LogP contribution in [0.15, 0.2) is 0 Å². The van der Waals surface area contributed by atoms with Crippen molar-refractivity contribution in [3.05, 3.63) is 15.8 Å². The van der Waals surface area contributed by atoms with E-state index >= 15 is 0 Å². The van der Waals surface area contributed by atoms with Crippen LogP contribution in [0.1, 0.15) is 26.0 Å². The smallest absolute Gasteiger partial charge is 0.333 e. The summed E-state index contributed by atoms with van der Waals surface area (Å²) >= 11 is 0. The second kappa shape index (κ2) is 4.56. The minimum atomic E-state index is -0.379. The van der Waals surface area contributed by atoms with Crippen molar-refractivity contribution in [3.63, 3.8) is 0 Å². The van der Waals surface area contributed by atoms with Gasteiger partial charge in [0.1, 0.15) is 5.69 Å². The lowest BCUT2D eigenvalue weighted by atomic mass is 10.0. The molecule has 1 aliphatic heterocycles. The fourth-order valence-corrected chi connectivity index (χ4v) is 2.19. The van der Waals surface area contributed by atoms with Gasteiger partial charge in [-0.1, -0.05) is 0 Å². The van der Waals surface area contributed by atoms with Crippen LogP contribution in [-0.2, 0) is 11.3 Å². The van der Waals surface area contributed by atoms with Crippen LogP contribution in [0, 0.1) is 17.0 Å². The van der Waals surface area contributed by atoms with Crippen LogP contribution < -0.4 is 5.32 Å². The predicted molar refractivity (Wildman–Crippen MR) is 66.8 cm³/mol. The summed E-state index contributed by atoms with van der Waals surface area (Å²) in [5.74, 6) is 0.480. The highest BCUT2D eigenvalue weighted by molar-refractivity contribution is 5.60. The van der Waals surface area contributed by atoms with Gasteiger partial charge in [-0.05, 0) is 27.2 Å². The molecule has 0 bridgehead atoms. The fourth-order valence-electron chi connectivity index (χ4n) is 2.19. The molecule has 1 unspecified atom stereocenters. The van der Waals surface area contributed by atoms with Crippen molar-refractivity contribution in [1.82, 2.24) is 9.78 Å². The average Bonchev–Trinajstić information content (AvgIpc) is 2.83. The van der Waals surface area contributed by atoms with E-state index in [9.17, 15) is 10.1 Å². The van der Waals surface area contributed by atoms with E-state index in [1.807, 2.05) is 13.8 Å². The quantitative estimate of drug-likeness (QED) is 0.653. The third kappa shape index (κ3) is 2.17. The summed E-state index contributed by atoms with van der Waals surface area (Å²) in [5.41, 5.74) is 0.237. The van der Waals surface area contributed by atoms with E-state index in [2.05, 4.69) is 10.4 Å². The molecule has 1 aliphatic rings. The van der Waals surface area contributed by atoms with Crippen LogP contribution in [0.5, 0.6) is 0 Å². The second-order valence-corrected chi connectivity index (χ2v) is 4.84. The minimum absolute atomic E-state index is 0.0602. The van der Waals surface area contributed by atoms with Gasteiger partial charge in [0.15, 0.2) is 0 Å². The SMILES string of the molecule is CCn1nc(C)c([N+](=O)[O-])c1NC1(C)CCOC1. The van der Waals surface area contributed by atoms with Gasteiger partial charge in [0.2, 0.25) is 5.82 Å². The molecule has 100 valence electrons. The minimum Gasteiger partial charge on any atom is -0.379 e. The lowest BCUT2D eigenvalue weighted by Gasteiger charge is -2.24. The molecule has 18 heavy (non-hydrogen) atoms. The zero-order chi connectivity index (χ0) is 13.3. The monoisotopic (exact) mass is 254 g/mol. The third-order valence-corrected chi connectivity index (χ3v) is 3.22. The summed E-state index contributed by atoms with van der Waals surface area (Å²) < 4.78 is 6.99. The lowest BCUT2D eigenvalue weighted by molar-refractivity contribution is -0.384. The van der Waals surface area contributed by atoms with Gasteiger partial charge in [0.05, 0.1) is 17.1 Å². The number of aromatic nitrogens is 2. The Balaban J connectivity index is 2.38. The number of rotatable bonds is 4. The zero-order valence-corrected chi connectivity index (χ0v) is 10.9. The Hall–Kier alpha value is -1.63. The van der Waals surface area contributed by atoms with E-state index in [0.717, 1.165) is 6.42 Å². The van der Waals surface area contributed by atoms with Crippen LogP contribution in [-0.4, -0.2) is 33.5 Å². The molecule has 0 amide bonds. The van der Waals surface area contributed by atoms with Gasteiger partial charge < -0.3 is 10.1 Å². The van der Waals surface area contributed by atoms with E-state index in [0.29, 0.717) is 31.3 Å². The van der Waals surface area contributed by atoms with Crippen molar-refractivity contribution < 1.29 is 9.66 Å². The van der Waals surface area contributed by atoms with Crippen molar-refractivity contribution >= 4 is 11.5 Å². The van der Waals surface area contributed by atoms with Crippen LogP contribution >= 0.6 is 0 Å². The van der Waals surface area contributed by atoms with Crippen molar-refractivity contribution in [2.45, 2.75) is 39.3 Å². The Bertz CT molecular complexity index is 463. The van der Waals surface area contributed by atoms with Crippen molar-refractivity contribution in [3.8, 4) is 0 Å². The van der Waals surface area contributed by atoms with Crippen LogP contribution in [0.25, 0.3) is 0 Å². The highest BCUT2D eigenvalue weighted by atomic mass is 16.6. The van der Waals surface area contributed by atoms with Crippen molar-refractivity contribution in [1.29, 1.82) is 0 Å². The molecule has 1 atom stereocenters. The summed E-state index contributed by atoms with van der Waals surface area (Å²) in [5, 5.41) is 18.6. The fraction of sp³-hybridized carbons (Fsp3) is 0.727. The lowest BCUT2D eigenvalue weighted by Crippen LogP contribution is -2.36. The van der Waals surface area contributed by atoms with Crippen LogP contribution in [0.2, 0.25) is 0 Å². The molecule has 1 aromatic rings. The summed E-state index contributed by atoms with van der Waals surface area (Å²) in [4.78, 5) is 10.8. The first-order valence-corrected chi connectivity index (χ1v) is 6.04. The molecule has 7 heteroatoms. The molecule has 1 fully saturated rings. The largest absolute Gasteiger partial charge is 0.379 e. The second-order valence-electron chi connectivity index (χ2n) is 4.84. The van der Waals surface area contributed by atoms with Gasteiger partial charge >= 0.3 is 5.69 Å². The molecular weight excluding hydrogens is 236 g/mol. The number of ether oxygens (including phenoxy) is 1. The van der Waals surface area contributed by atoms with Crippen molar-refractivity contribution in [2.75, 3.05) is 18.5 Å². The van der Waals surface area contributed by atoms with E-state index in [1.165, 1.54) is 0 Å². The molecule has 0 aliphatic carbocycles. The third-order valence-electron chi connectivity index (χ3n) is 3.22. The van der Waals surface area contributed by atoms with Crippen LogP contribution in [0.3, 0.4) is 0 Å². The number of hydrogen-bond acceptors (Lipinski definition) is 5. The Kier molecular flexibility index (Phi) is 3.25. The Morgan fingerprint density at radius 1 is 1.67 bits per heavy atom. The number of aryl methyl sites for hydroxylation is 2.